The van der Waals surface area contributed by atoms with Crippen molar-refractivity contribution >= 4 is 22.9 Å². The van der Waals surface area contributed by atoms with E-state index in [-0.39, 0.29) is 0 Å². The van der Waals surface area contributed by atoms with Crippen molar-refractivity contribution in [2.24, 2.45) is 0 Å². The SMILES string of the molecule is CN(C)C1CCN(Cc2cnc(Cl)s2)C1. The van der Waals surface area contributed by atoms with E-state index in [9.17, 15) is 0 Å². The zero-order valence-electron chi connectivity index (χ0n) is 9.11. The molecule has 15 heavy (non-hydrogen) atoms. The highest BCUT2D eigenvalue weighted by molar-refractivity contribution is 7.15. The van der Waals surface area contributed by atoms with Gasteiger partial charge >= 0.3 is 0 Å². The van der Waals surface area contributed by atoms with E-state index >= 15 is 0 Å². The molecular weight excluding hydrogens is 230 g/mol. The summed E-state index contributed by atoms with van der Waals surface area (Å²) in [6.45, 7) is 3.33. The van der Waals surface area contributed by atoms with E-state index in [4.69, 9.17) is 11.6 Å². The molecule has 84 valence electrons. The zero-order valence-corrected chi connectivity index (χ0v) is 10.7. The summed E-state index contributed by atoms with van der Waals surface area (Å²) in [5, 5.41) is 0. The maximum atomic E-state index is 5.81. The smallest absolute Gasteiger partial charge is 0.183 e. The summed E-state index contributed by atoms with van der Waals surface area (Å²) in [6, 6.07) is 0.702. The van der Waals surface area contributed by atoms with E-state index in [1.165, 1.54) is 17.8 Å². The van der Waals surface area contributed by atoms with Crippen LogP contribution in [-0.4, -0.2) is 48.0 Å². The van der Waals surface area contributed by atoms with Crippen molar-refractivity contribution in [1.29, 1.82) is 0 Å². The fraction of sp³-hybridized carbons (Fsp3) is 0.700. The fourth-order valence-corrected chi connectivity index (χ4v) is 2.97. The summed E-state index contributed by atoms with van der Waals surface area (Å²) < 4.78 is 0.647. The Labute approximate surface area is 99.7 Å². The Morgan fingerprint density at radius 2 is 2.47 bits per heavy atom. The van der Waals surface area contributed by atoms with Crippen molar-refractivity contribution in [2.45, 2.75) is 19.0 Å². The molecule has 0 amide bonds. The average Bonchev–Trinajstić information content (AvgIpc) is 2.76. The van der Waals surface area contributed by atoms with E-state index in [1.807, 2.05) is 6.20 Å². The van der Waals surface area contributed by atoms with Gasteiger partial charge in [0, 0.05) is 36.8 Å². The van der Waals surface area contributed by atoms with Crippen LogP contribution in [0.2, 0.25) is 4.47 Å². The molecule has 0 aliphatic carbocycles. The molecule has 3 nitrogen and oxygen atoms in total. The second-order valence-electron chi connectivity index (χ2n) is 4.22. The van der Waals surface area contributed by atoms with Gasteiger partial charge < -0.3 is 4.90 Å². The van der Waals surface area contributed by atoms with Crippen molar-refractivity contribution in [3.8, 4) is 0 Å². The van der Waals surface area contributed by atoms with Gasteiger partial charge in [0.2, 0.25) is 0 Å². The second-order valence-corrected chi connectivity index (χ2v) is 5.92. The molecule has 1 aliphatic heterocycles. The number of halogens is 1. The number of nitrogens with zero attached hydrogens (tertiary/aromatic N) is 3. The molecule has 1 atom stereocenters. The summed E-state index contributed by atoms with van der Waals surface area (Å²) in [4.78, 5) is 10.1. The van der Waals surface area contributed by atoms with Crippen LogP contribution in [0.3, 0.4) is 0 Å². The predicted octanol–water partition coefficient (Wildman–Crippen LogP) is 1.93. The monoisotopic (exact) mass is 245 g/mol. The maximum Gasteiger partial charge on any atom is 0.183 e. The Morgan fingerprint density at radius 1 is 1.67 bits per heavy atom. The molecule has 0 radical (unpaired) electrons. The van der Waals surface area contributed by atoms with Crippen LogP contribution in [0.1, 0.15) is 11.3 Å². The molecule has 5 heteroatoms. The lowest BCUT2D eigenvalue weighted by Crippen LogP contribution is -2.31. The minimum Gasteiger partial charge on any atom is -0.305 e. The van der Waals surface area contributed by atoms with Gasteiger partial charge in [-0.2, -0.15) is 0 Å². The van der Waals surface area contributed by atoms with Crippen LogP contribution in [0.25, 0.3) is 0 Å². The van der Waals surface area contributed by atoms with Gasteiger partial charge in [-0.15, -0.1) is 11.3 Å². The first-order valence-electron chi connectivity index (χ1n) is 5.14. The third-order valence-electron chi connectivity index (χ3n) is 2.88. The summed E-state index contributed by atoms with van der Waals surface area (Å²) in [6.07, 6.45) is 3.15. The van der Waals surface area contributed by atoms with E-state index in [0.717, 1.165) is 13.1 Å². The summed E-state index contributed by atoms with van der Waals surface area (Å²) in [7, 11) is 4.30. The summed E-state index contributed by atoms with van der Waals surface area (Å²) in [5.74, 6) is 0. The summed E-state index contributed by atoms with van der Waals surface area (Å²) >= 11 is 7.39. The number of likely N-dealkylation sites (N-methyl/N-ethyl adjacent to an activating group) is 1. The van der Waals surface area contributed by atoms with E-state index in [1.54, 1.807) is 11.3 Å². The van der Waals surface area contributed by atoms with Gasteiger partial charge in [0.05, 0.1) is 0 Å². The van der Waals surface area contributed by atoms with Crippen molar-refractivity contribution in [3.63, 3.8) is 0 Å². The Bertz CT molecular complexity index is 326. The molecule has 1 saturated heterocycles. The Hall–Kier alpha value is -0.160. The van der Waals surface area contributed by atoms with Gasteiger partial charge in [0.1, 0.15) is 0 Å². The number of likely N-dealkylation sites (tertiary alicyclic amines) is 1. The number of hydrogen-bond acceptors (Lipinski definition) is 4. The zero-order chi connectivity index (χ0) is 10.8. The molecule has 1 fully saturated rings. The first-order chi connectivity index (χ1) is 7.15. The molecule has 2 rings (SSSR count). The first kappa shape index (κ1) is 11.3. The van der Waals surface area contributed by atoms with Crippen molar-refractivity contribution in [3.05, 3.63) is 15.5 Å². The second kappa shape index (κ2) is 4.78. The highest BCUT2D eigenvalue weighted by Crippen LogP contribution is 2.22. The molecule has 0 aromatic carbocycles. The molecule has 0 spiro atoms. The fourth-order valence-electron chi connectivity index (χ4n) is 1.95. The van der Waals surface area contributed by atoms with Gasteiger partial charge in [-0.05, 0) is 20.5 Å². The Kier molecular flexibility index (Phi) is 3.61. The molecule has 1 aromatic heterocycles. The molecule has 1 unspecified atom stereocenters. The van der Waals surface area contributed by atoms with E-state index in [0.29, 0.717) is 10.5 Å². The molecule has 0 bridgehead atoms. The maximum absolute atomic E-state index is 5.81. The largest absolute Gasteiger partial charge is 0.305 e. The van der Waals surface area contributed by atoms with Crippen LogP contribution in [0, 0.1) is 0 Å². The quantitative estimate of drug-likeness (QED) is 0.811. The van der Waals surface area contributed by atoms with Crippen LogP contribution in [-0.2, 0) is 6.54 Å². The van der Waals surface area contributed by atoms with Crippen LogP contribution in [0.5, 0.6) is 0 Å². The van der Waals surface area contributed by atoms with Crippen LogP contribution >= 0.6 is 22.9 Å². The Balaban J connectivity index is 1.87. The van der Waals surface area contributed by atoms with Crippen LogP contribution < -0.4 is 0 Å². The lowest BCUT2D eigenvalue weighted by molar-refractivity contribution is 0.266. The van der Waals surface area contributed by atoms with Crippen LogP contribution in [0.4, 0.5) is 0 Å². The summed E-state index contributed by atoms with van der Waals surface area (Å²) in [5.41, 5.74) is 0. The van der Waals surface area contributed by atoms with Crippen molar-refractivity contribution < 1.29 is 0 Å². The lowest BCUT2D eigenvalue weighted by atomic mass is 10.2. The van der Waals surface area contributed by atoms with E-state index < -0.39 is 0 Å². The normalized spacial score (nSPS) is 22.8. The number of aromatic nitrogens is 1. The molecule has 1 aliphatic rings. The van der Waals surface area contributed by atoms with Crippen LogP contribution in [0.15, 0.2) is 6.20 Å². The van der Waals surface area contributed by atoms with Crippen molar-refractivity contribution in [1.82, 2.24) is 14.8 Å². The third-order valence-corrected chi connectivity index (χ3v) is 3.98. The number of rotatable bonds is 3. The molecule has 0 N–H and O–H groups in total. The molecule has 0 saturated carbocycles. The topological polar surface area (TPSA) is 19.4 Å². The van der Waals surface area contributed by atoms with E-state index in [2.05, 4.69) is 28.9 Å². The Morgan fingerprint density at radius 3 is 3.00 bits per heavy atom. The van der Waals surface area contributed by atoms with Crippen molar-refractivity contribution in [2.75, 3.05) is 27.2 Å². The first-order valence-corrected chi connectivity index (χ1v) is 6.33. The number of thiazole rings is 1. The van der Waals surface area contributed by atoms with Gasteiger partial charge in [-0.1, -0.05) is 11.6 Å². The molecule has 1 aromatic rings. The minimum absolute atomic E-state index is 0.647. The standard InChI is InChI=1S/C10H16ClN3S/c1-13(2)8-3-4-14(6-8)7-9-5-12-10(11)15-9/h5,8H,3-4,6-7H2,1-2H3. The minimum atomic E-state index is 0.647. The third kappa shape index (κ3) is 2.91. The predicted molar refractivity (Wildman–Crippen MR) is 64.5 cm³/mol. The number of hydrogen-bond donors (Lipinski definition) is 0. The average molecular weight is 246 g/mol. The molecule has 2 heterocycles. The molecular formula is C10H16ClN3S. The van der Waals surface area contributed by atoms with Gasteiger partial charge in [-0.25, -0.2) is 4.98 Å². The van der Waals surface area contributed by atoms with Gasteiger partial charge in [-0.3, -0.25) is 4.90 Å². The lowest BCUT2D eigenvalue weighted by Gasteiger charge is -2.19. The van der Waals surface area contributed by atoms with Gasteiger partial charge in [0.25, 0.3) is 0 Å². The highest BCUT2D eigenvalue weighted by Gasteiger charge is 2.24. The van der Waals surface area contributed by atoms with Gasteiger partial charge in [0.15, 0.2) is 4.47 Å². The highest BCUT2D eigenvalue weighted by atomic mass is 35.5.